The van der Waals surface area contributed by atoms with Crippen LogP contribution in [0.5, 0.6) is 0 Å². The molecule has 0 spiro atoms. The number of nitrogens with zero attached hydrogens (tertiary/aromatic N) is 3. The number of thiazole rings is 1. The zero-order valence-electron chi connectivity index (χ0n) is 15.1. The monoisotopic (exact) mass is 362 g/mol. The highest BCUT2D eigenvalue weighted by molar-refractivity contribution is 7.18. The van der Waals surface area contributed by atoms with E-state index in [1.165, 1.54) is 4.70 Å². The Kier molecular flexibility index (Phi) is 7.33. The van der Waals surface area contributed by atoms with E-state index < -0.39 is 0 Å². The Balaban J connectivity index is 1.72. The molecule has 0 unspecified atom stereocenters. The molecule has 136 valence electrons. The number of carbonyl (C=O) groups is 2. The fourth-order valence-corrected chi connectivity index (χ4v) is 3.57. The number of aromatic nitrogens is 1. The van der Waals surface area contributed by atoms with Crippen LogP contribution in [0.25, 0.3) is 10.2 Å². The molecule has 1 N–H and O–H groups in total. The Bertz CT molecular complexity index is 679. The van der Waals surface area contributed by atoms with Crippen LogP contribution in [0.15, 0.2) is 24.3 Å². The third kappa shape index (κ3) is 5.79. The smallest absolute Gasteiger partial charge is 0.236 e. The van der Waals surface area contributed by atoms with Crippen LogP contribution in [0.3, 0.4) is 0 Å². The van der Waals surface area contributed by atoms with Gasteiger partial charge in [0.25, 0.3) is 0 Å². The molecule has 1 aromatic heterocycles. The van der Waals surface area contributed by atoms with Gasteiger partial charge in [-0.05, 0) is 33.0 Å². The Hall–Kier alpha value is -1.99. The van der Waals surface area contributed by atoms with Gasteiger partial charge in [-0.1, -0.05) is 12.1 Å². The summed E-state index contributed by atoms with van der Waals surface area (Å²) in [7, 11) is 1.79. The van der Waals surface area contributed by atoms with Gasteiger partial charge in [0.2, 0.25) is 11.8 Å². The molecule has 0 fully saturated rings. The van der Waals surface area contributed by atoms with E-state index in [4.69, 9.17) is 0 Å². The molecular formula is C18H26N4O2S. The van der Waals surface area contributed by atoms with Gasteiger partial charge < -0.3 is 10.2 Å². The van der Waals surface area contributed by atoms with Gasteiger partial charge in [-0.15, -0.1) is 11.3 Å². The number of nitrogens with one attached hydrogen (secondary N) is 1. The van der Waals surface area contributed by atoms with E-state index in [0.29, 0.717) is 26.1 Å². The first-order chi connectivity index (χ1) is 12.0. The molecule has 7 heteroatoms. The predicted octanol–water partition coefficient (Wildman–Crippen LogP) is 1.76. The van der Waals surface area contributed by atoms with Gasteiger partial charge >= 0.3 is 0 Å². The molecule has 0 saturated heterocycles. The molecule has 0 aliphatic rings. The summed E-state index contributed by atoms with van der Waals surface area (Å²) in [6.45, 7) is 6.32. The minimum absolute atomic E-state index is 0.0507. The average molecular weight is 362 g/mol. The molecule has 0 aliphatic heterocycles. The Morgan fingerprint density at radius 2 is 1.88 bits per heavy atom. The highest BCUT2D eigenvalue weighted by Crippen LogP contribution is 2.21. The number of hydrogen-bond donors (Lipinski definition) is 1. The van der Waals surface area contributed by atoms with Crippen molar-refractivity contribution >= 4 is 33.4 Å². The van der Waals surface area contributed by atoms with Crippen molar-refractivity contribution in [2.75, 3.05) is 39.8 Å². The number of benzene rings is 1. The van der Waals surface area contributed by atoms with E-state index in [-0.39, 0.29) is 24.9 Å². The second kappa shape index (κ2) is 9.48. The van der Waals surface area contributed by atoms with E-state index in [9.17, 15) is 9.59 Å². The molecule has 1 aromatic carbocycles. The summed E-state index contributed by atoms with van der Waals surface area (Å²) in [4.78, 5) is 32.1. The van der Waals surface area contributed by atoms with Gasteiger partial charge in [0.15, 0.2) is 0 Å². The summed E-state index contributed by atoms with van der Waals surface area (Å²) in [5.74, 6) is -0.0225. The number of fused-ring (bicyclic) bond motifs is 1. The van der Waals surface area contributed by atoms with Gasteiger partial charge in [-0.3, -0.25) is 14.5 Å². The summed E-state index contributed by atoms with van der Waals surface area (Å²) in [6.07, 6.45) is 0.715. The molecule has 2 rings (SSSR count). The molecule has 0 saturated carbocycles. The quantitative estimate of drug-likeness (QED) is 0.738. The highest BCUT2D eigenvalue weighted by atomic mass is 32.1. The zero-order chi connectivity index (χ0) is 18.2. The van der Waals surface area contributed by atoms with Crippen LogP contribution < -0.4 is 5.32 Å². The molecule has 25 heavy (non-hydrogen) atoms. The molecule has 0 aliphatic carbocycles. The standard InChI is InChI=1S/C18H26N4O2S/c1-4-22(5-2)18(24)13-21(3)12-16(23)19-11-10-17-20-14-8-6-7-9-15(14)25-17/h6-9H,4-5,10-13H2,1-3H3,(H,19,23). The fourth-order valence-electron chi connectivity index (χ4n) is 2.60. The highest BCUT2D eigenvalue weighted by Gasteiger charge is 2.14. The van der Waals surface area contributed by atoms with Crippen LogP contribution in [0.1, 0.15) is 18.9 Å². The number of para-hydroxylation sites is 1. The van der Waals surface area contributed by atoms with Crippen molar-refractivity contribution in [2.24, 2.45) is 0 Å². The normalized spacial score (nSPS) is 11.0. The predicted molar refractivity (Wildman–Crippen MR) is 102 cm³/mol. The minimum atomic E-state index is -0.0732. The summed E-state index contributed by atoms with van der Waals surface area (Å²) in [5, 5.41) is 3.92. The molecule has 2 amide bonds. The van der Waals surface area contributed by atoms with Crippen LogP contribution in [-0.2, 0) is 16.0 Å². The minimum Gasteiger partial charge on any atom is -0.355 e. The molecule has 1 heterocycles. The van der Waals surface area contributed by atoms with Gasteiger partial charge in [0.1, 0.15) is 0 Å². The second-order valence-electron chi connectivity index (χ2n) is 5.91. The largest absolute Gasteiger partial charge is 0.355 e. The van der Waals surface area contributed by atoms with Crippen LogP contribution in [0.4, 0.5) is 0 Å². The number of carbonyl (C=O) groups excluding carboxylic acids is 2. The van der Waals surface area contributed by atoms with Crippen molar-refractivity contribution in [1.29, 1.82) is 0 Å². The summed E-state index contributed by atoms with van der Waals surface area (Å²) in [6, 6.07) is 8.02. The fraction of sp³-hybridized carbons (Fsp3) is 0.500. The van der Waals surface area contributed by atoms with E-state index in [2.05, 4.69) is 16.4 Å². The Morgan fingerprint density at radius 3 is 2.56 bits per heavy atom. The van der Waals surface area contributed by atoms with Gasteiger partial charge in [0.05, 0.1) is 28.3 Å². The zero-order valence-corrected chi connectivity index (χ0v) is 15.9. The lowest BCUT2D eigenvalue weighted by atomic mass is 10.3. The number of likely N-dealkylation sites (N-methyl/N-ethyl adjacent to an activating group) is 2. The Labute approximate surface area is 152 Å². The third-order valence-electron chi connectivity index (χ3n) is 3.93. The molecular weight excluding hydrogens is 336 g/mol. The Morgan fingerprint density at radius 1 is 1.16 bits per heavy atom. The van der Waals surface area contributed by atoms with Crippen molar-refractivity contribution < 1.29 is 9.59 Å². The van der Waals surface area contributed by atoms with Gasteiger partial charge in [-0.2, -0.15) is 0 Å². The van der Waals surface area contributed by atoms with Crippen molar-refractivity contribution in [3.63, 3.8) is 0 Å². The first kappa shape index (κ1) is 19.3. The van der Waals surface area contributed by atoms with Crippen molar-refractivity contribution in [2.45, 2.75) is 20.3 Å². The second-order valence-corrected chi connectivity index (χ2v) is 7.03. The van der Waals surface area contributed by atoms with E-state index in [1.54, 1.807) is 28.2 Å². The first-order valence-corrected chi connectivity index (χ1v) is 9.42. The molecule has 0 bridgehead atoms. The number of hydrogen-bond acceptors (Lipinski definition) is 5. The van der Waals surface area contributed by atoms with Crippen LogP contribution in [0, 0.1) is 0 Å². The summed E-state index contributed by atoms with van der Waals surface area (Å²) >= 11 is 1.66. The van der Waals surface area contributed by atoms with Crippen molar-refractivity contribution in [3.8, 4) is 0 Å². The lowest BCUT2D eigenvalue weighted by molar-refractivity contribution is -0.132. The SMILES string of the molecule is CCN(CC)C(=O)CN(C)CC(=O)NCCc1nc2ccccc2s1. The van der Waals surface area contributed by atoms with E-state index in [1.807, 2.05) is 32.0 Å². The maximum absolute atomic E-state index is 12.0. The van der Waals surface area contributed by atoms with Crippen LogP contribution in [0.2, 0.25) is 0 Å². The maximum Gasteiger partial charge on any atom is 0.236 e. The van der Waals surface area contributed by atoms with E-state index >= 15 is 0 Å². The topological polar surface area (TPSA) is 65.5 Å². The molecule has 2 aromatic rings. The maximum atomic E-state index is 12.0. The van der Waals surface area contributed by atoms with Crippen LogP contribution >= 0.6 is 11.3 Å². The molecule has 0 atom stereocenters. The molecule has 6 nitrogen and oxygen atoms in total. The summed E-state index contributed by atoms with van der Waals surface area (Å²) in [5.41, 5.74) is 1.00. The van der Waals surface area contributed by atoms with E-state index in [0.717, 1.165) is 10.5 Å². The van der Waals surface area contributed by atoms with Gasteiger partial charge in [-0.25, -0.2) is 4.98 Å². The van der Waals surface area contributed by atoms with Crippen LogP contribution in [-0.4, -0.2) is 66.4 Å². The first-order valence-electron chi connectivity index (χ1n) is 8.61. The molecule has 0 radical (unpaired) electrons. The van der Waals surface area contributed by atoms with Crippen molar-refractivity contribution in [1.82, 2.24) is 20.1 Å². The number of rotatable bonds is 9. The third-order valence-corrected chi connectivity index (χ3v) is 5.03. The lowest BCUT2D eigenvalue weighted by Gasteiger charge is -2.22. The van der Waals surface area contributed by atoms with Gasteiger partial charge in [0, 0.05) is 26.1 Å². The number of amides is 2. The average Bonchev–Trinajstić information content (AvgIpc) is 2.98. The van der Waals surface area contributed by atoms with Crippen molar-refractivity contribution in [3.05, 3.63) is 29.3 Å². The summed E-state index contributed by atoms with van der Waals surface area (Å²) < 4.78 is 1.17. The lowest BCUT2D eigenvalue weighted by Crippen LogP contribution is -2.42.